The van der Waals surface area contributed by atoms with E-state index in [1.165, 1.54) is 19.3 Å². The molecular weight excluding hydrogens is 262 g/mol. The van der Waals surface area contributed by atoms with E-state index < -0.39 is 0 Å². The second kappa shape index (κ2) is 9.93. The Morgan fingerprint density at radius 3 is 2.47 bits per heavy atom. The zero-order chi connectivity index (χ0) is 13.4. The van der Waals surface area contributed by atoms with Crippen LogP contribution in [0.3, 0.4) is 0 Å². The van der Waals surface area contributed by atoms with Crippen LogP contribution in [0, 0.1) is 0 Å². The molecule has 1 aromatic carbocycles. The lowest BCUT2D eigenvalue weighted by Gasteiger charge is -2.15. The molecule has 1 aromatic rings. The first-order chi connectivity index (χ1) is 8.72. The van der Waals surface area contributed by atoms with E-state index in [1.54, 1.807) is 7.11 Å². The molecule has 0 amide bonds. The summed E-state index contributed by atoms with van der Waals surface area (Å²) in [5, 5.41) is 0. The summed E-state index contributed by atoms with van der Waals surface area (Å²) in [6.45, 7) is 4.80. The quantitative estimate of drug-likeness (QED) is 0.732. The van der Waals surface area contributed by atoms with Crippen LogP contribution >= 0.6 is 12.4 Å². The second-order valence-corrected chi connectivity index (χ2v) is 4.45. The van der Waals surface area contributed by atoms with Gasteiger partial charge in [0.1, 0.15) is 0 Å². The van der Waals surface area contributed by atoms with Gasteiger partial charge in [-0.15, -0.1) is 12.4 Å². The Labute approximate surface area is 122 Å². The van der Waals surface area contributed by atoms with Crippen LogP contribution < -0.4 is 15.2 Å². The van der Waals surface area contributed by atoms with Gasteiger partial charge in [-0.25, -0.2) is 0 Å². The summed E-state index contributed by atoms with van der Waals surface area (Å²) < 4.78 is 10.8. The number of rotatable bonds is 8. The number of nitrogens with two attached hydrogens (primary N) is 1. The fraction of sp³-hybridized carbons (Fsp3) is 0.600. The van der Waals surface area contributed by atoms with Crippen LogP contribution in [-0.4, -0.2) is 13.7 Å². The highest BCUT2D eigenvalue weighted by atomic mass is 35.5. The standard InChI is InChI=1S/C15H25NO2.ClH/c1-4-6-7-8-13(16)12-9-10-14(18-5-2)15(11-12)17-3;/h9-11,13H,4-8,16H2,1-3H3;1H/t13-;/m1./s1. The molecule has 1 atom stereocenters. The van der Waals surface area contributed by atoms with Gasteiger partial charge in [-0.05, 0) is 31.0 Å². The third-order valence-corrected chi connectivity index (χ3v) is 3.03. The molecule has 0 radical (unpaired) electrons. The van der Waals surface area contributed by atoms with Crippen LogP contribution in [0.4, 0.5) is 0 Å². The van der Waals surface area contributed by atoms with Gasteiger partial charge in [0, 0.05) is 6.04 Å². The average molecular weight is 288 g/mol. The van der Waals surface area contributed by atoms with Crippen LogP contribution in [-0.2, 0) is 0 Å². The van der Waals surface area contributed by atoms with Gasteiger partial charge in [0.2, 0.25) is 0 Å². The van der Waals surface area contributed by atoms with E-state index in [4.69, 9.17) is 15.2 Å². The molecule has 110 valence electrons. The zero-order valence-corrected chi connectivity index (χ0v) is 13.0. The number of methoxy groups -OCH3 is 1. The Kier molecular flexibility index (Phi) is 9.44. The largest absolute Gasteiger partial charge is 0.493 e. The Hall–Kier alpha value is -0.930. The van der Waals surface area contributed by atoms with Crippen LogP contribution in [0.15, 0.2) is 18.2 Å². The van der Waals surface area contributed by atoms with Gasteiger partial charge >= 0.3 is 0 Å². The third-order valence-electron chi connectivity index (χ3n) is 3.03. The molecule has 0 heterocycles. The van der Waals surface area contributed by atoms with Crippen LogP contribution in [0.5, 0.6) is 11.5 Å². The van der Waals surface area contributed by atoms with Crippen molar-refractivity contribution in [2.75, 3.05) is 13.7 Å². The normalized spacial score (nSPS) is 11.6. The maximum atomic E-state index is 6.19. The van der Waals surface area contributed by atoms with Crippen LogP contribution in [0.25, 0.3) is 0 Å². The lowest BCUT2D eigenvalue weighted by Crippen LogP contribution is -2.10. The van der Waals surface area contributed by atoms with Gasteiger partial charge in [0.15, 0.2) is 11.5 Å². The minimum Gasteiger partial charge on any atom is -0.493 e. The number of ether oxygens (including phenoxy) is 2. The molecular formula is C15H26ClNO2. The van der Waals surface area contributed by atoms with Crippen molar-refractivity contribution in [2.45, 2.75) is 45.6 Å². The predicted molar refractivity (Wildman–Crippen MR) is 82.5 cm³/mol. The summed E-state index contributed by atoms with van der Waals surface area (Å²) in [5.41, 5.74) is 7.30. The molecule has 0 aliphatic carbocycles. The van der Waals surface area contributed by atoms with Crippen molar-refractivity contribution in [1.82, 2.24) is 0 Å². The summed E-state index contributed by atoms with van der Waals surface area (Å²) in [7, 11) is 1.66. The first kappa shape index (κ1) is 18.1. The number of halogens is 1. The number of hydrogen-bond acceptors (Lipinski definition) is 3. The fourth-order valence-electron chi connectivity index (χ4n) is 1.97. The van der Waals surface area contributed by atoms with Crippen molar-refractivity contribution >= 4 is 12.4 Å². The Morgan fingerprint density at radius 2 is 1.89 bits per heavy atom. The van der Waals surface area contributed by atoms with Crippen molar-refractivity contribution in [3.05, 3.63) is 23.8 Å². The highest BCUT2D eigenvalue weighted by Crippen LogP contribution is 2.30. The first-order valence-electron chi connectivity index (χ1n) is 6.79. The van der Waals surface area contributed by atoms with E-state index >= 15 is 0 Å². The Bertz CT molecular complexity index is 358. The molecule has 4 heteroatoms. The molecule has 3 nitrogen and oxygen atoms in total. The van der Waals surface area contributed by atoms with Gasteiger partial charge in [0.05, 0.1) is 13.7 Å². The molecule has 0 bridgehead atoms. The maximum Gasteiger partial charge on any atom is 0.161 e. The molecule has 0 fully saturated rings. The number of unbranched alkanes of at least 4 members (excludes halogenated alkanes) is 2. The van der Waals surface area contributed by atoms with Crippen molar-refractivity contribution in [1.29, 1.82) is 0 Å². The summed E-state index contributed by atoms with van der Waals surface area (Å²) in [4.78, 5) is 0. The smallest absolute Gasteiger partial charge is 0.161 e. The van der Waals surface area contributed by atoms with Crippen LogP contribution in [0.1, 0.15) is 51.1 Å². The molecule has 0 aliphatic rings. The molecule has 0 unspecified atom stereocenters. The summed E-state index contributed by atoms with van der Waals surface area (Å²) in [5.74, 6) is 1.55. The number of hydrogen-bond donors (Lipinski definition) is 1. The summed E-state index contributed by atoms with van der Waals surface area (Å²) >= 11 is 0. The molecule has 0 aliphatic heterocycles. The first-order valence-corrected chi connectivity index (χ1v) is 6.79. The molecule has 19 heavy (non-hydrogen) atoms. The molecule has 0 spiro atoms. The van der Waals surface area contributed by atoms with E-state index in [2.05, 4.69) is 6.92 Å². The van der Waals surface area contributed by atoms with E-state index in [-0.39, 0.29) is 18.4 Å². The highest BCUT2D eigenvalue weighted by molar-refractivity contribution is 5.85. The summed E-state index contributed by atoms with van der Waals surface area (Å²) in [6.07, 6.45) is 4.65. The lowest BCUT2D eigenvalue weighted by atomic mass is 10.0. The lowest BCUT2D eigenvalue weighted by molar-refractivity contribution is 0.310. The van der Waals surface area contributed by atoms with E-state index in [9.17, 15) is 0 Å². The van der Waals surface area contributed by atoms with Crippen LogP contribution in [0.2, 0.25) is 0 Å². The summed E-state index contributed by atoms with van der Waals surface area (Å²) in [6, 6.07) is 6.05. The van der Waals surface area contributed by atoms with Gasteiger partial charge in [0.25, 0.3) is 0 Å². The minimum atomic E-state index is 0. The van der Waals surface area contributed by atoms with Crippen molar-refractivity contribution < 1.29 is 9.47 Å². The van der Waals surface area contributed by atoms with Crippen molar-refractivity contribution in [3.8, 4) is 11.5 Å². The zero-order valence-electron chi connectivity index (χ0n) is 12.1. The van der Waals surface area contributed by atoms with Crippen molar-refractivity contribution in [2.24, 2.45) is 5.73 Å². The topological polar surface area (TPSA) is 44.5 Å². The van der Waals surface area contributed by atoms with Gasteiger partial charge in [-0.1, -0.05) is 32.3 Å². The molecule has 2 N–H and O–H groups in total. The molecule has 1 rings (SSSR count). The van der Waals surface area contributed by atoms with Gasteiger partial charge in [-0.2, -0.15) is 0 Å². The average Bonchev–Trinajstić information content (AvgIpc) is 2.39. The highest BCUT2D eigenvalue weighted by Gasteiger charge is 2.10. The SMILES string of the molecule is CCCCC[C@@H](N)c1ccc(OCC)c(OC)c1.Cl. The van der Waals surface area contributed by atoms with Gasteiger partial charge in [-0.3, -0.25) is 0 Å². The van der Waals surface area contributed by atoms with E-state index in [1.807, 2.05) is 25.1 Å². The predicted octanol–water partition coefficient (Wildman–Crippen LogP) is 4.10. The third kappa shape index (κ3) is 5.70. The maximum absolute atomic E-state index is 6.19. The minimum absolute atomic E-state index is 0. The molecule has 0 saturated heterocycles. The fourth-order valence-corrected chi connectivity index (χ4v) is 1.97. The Morgan fingerprint density at radius 1 is 1.16 bits per heavy atom. The second-order valence-electron chi connectivity index (χ2n) is 4.45. The molecule has 0 saturated carbocycles. The Balaban J connectivity index is 0.00000324. The number of benzene rings is 1. The van der Waals surface area contributed by atoms with Gasteiger partial charge < -0.3 is 15.2 Å². The monoisotopic (exact) mass is 287 g/mol. The van der Waals surface area contributed by atoms with E-state index in [0.717, 1.165) is 23.5 Å². The van der Waals surface area contributed by atoms with Crippen molar-refractivity contribution in [3.63, 3.8) is 0 Å². The molecule has 0 aromatic heterocycles. The van der Waals surface area contributed by atoms with E-state index in [0.29, 0.717) is 6.61 Å².